The Morgan fingerprint density at radius 1 is 1.16 bits per heavy atom. The lowest BCUT2D eigenvalue weighted by molar-refractivity contribution is -0.115. The van der Waals surface area contributed by atoms with Gasteiger partial charge in [0, 0.05) is 16.6 Å². The summed E-state index contributed by atoms with van der Waals surface area (Å²) in [5, 5.41) is 5.72. The summed E-state index contributed by atoms with van der Waals surface area (Å²) >= 11 is 1.55. The summed E-state index contributed by atoms with van der Waals surface area (Å²) in [5.74, 6) is 1.39. The Hall–Kier alpha value is -2.86. The molecule has 0 bridgehead atoms. The second-order valence-corrected chi connectivity index (χ2v) is 6.53. The molecule has 0 fully saturated rings. The molecule has 4 rings (SSSR count). The number of hydrogen-bond acceptors (Lipinski definition) is 5. The number of nitrogens with zero attached hydrogens (tertiary/aromatic N) is 1. The number of carbonyl (C=O) groups excluding carboxylic acids is 1. The zero-order valence-electron chi connectivity index (χ0n) is 13.8. The smallest absolute Gasteiger partial charge is 0.228 e. The summed E-state index contributed by atoms with van der Waals surface area (Å²) < 4.78 is 10.9. The van der Waals surface area contributed by atoms with Crippen molar-refractivity contribution in [1.82, 2.24) is 4.98 Å². The third kappa shape index (κ3) is 2.74. The van der Waals surface area contributed by atoms with Crippen LogP contribution in [0.25, 0.3) is 21.8 Å². The van der Waals surface area contributed by atoms with Gasteiger partial charge in [-0.3, -0.25) is 4.79 Å². The Bertz CT molecular complexity index is 965. The molecule has 0 aliphatic carbocycles. The first kappa shape index (κ1) is 15.7. The lowest BCUT2D eigenvalue weighted by atomic mass is 10.1. The molecule has 0 unspecified atom stereocenters. The average Bonchev–Trinajstić information content (AvgIpc) is 3.25. The van der Waals surface area contributed by atoms with Crippen LogP contribution in [0.4, 0.5) is 5.69 Å². The highest BCUT2D eigenvalue weighted by atomic mass is 32.1. The molecule has 0 atom stereocenters. The predicted octanol–water partition coefficient (Wildman–Crippen LogP) is 3.99. The maximum Gasteiger partial charge on any atom is 0.228 e. The quantitative estimate of drug-likeness (QED) is 0.771. The molecular formula is C19H16N2O3S. The second-order valence-electron chi connectivity index (χ2n) is 5.68. The Labute approximate surface area is 149 Å². The minimum absolute atomic E-state index is 0.0345. The molecule has 3 aromatic rings. The summed E-state index contributed by atoms with van der Waals surface area (Å²) in [7, 11) is 3.25. The van der Waals surface area contributed by atoms with E-state index >= 15 is 0 Å². The fourth-order valence-electron chi connectivity index (χ4n) is 2.97. The molecule has 25 heavy (non-hydrogen) atoms. The van der Waals surface area contributed by atoms with Crippen molar-refractivity contribution >= 4 is 22.9 Å². The Morgan fingerprint density at radius 3 is 2.84 bits per heavy atom. The van der Waals surface area contributed by atoms with Crippen molar-refractivity contribution in [3.8, 4) is 33.3 Å². The molecule has 1 aliphatic rings. The summed E-state index contributed by atoms with van der Waals surface area (Å²) in [4.78, 5) is 16.3. The minimum Gasteiger partial charge on any atom is -0.493 e. The summed E-state index contributed by atoms with van der Waals surface area (Å²) in [5.41, 5.74) is 4.68. The molecule has 0 saturated carbocycles. The van der Waals surface area contributed by atoms with Gasteiger partial charge in [-0.1, -0.05) is 12.1 Å². The number of carbonyl (C=O) groups is 1. The number of aromatic nitrogens is 1. The zero-order valence-corrected chi connectivity index (χ0v) is 14.6. The van der Waals surface area contributed by atoms with E-state index in [2.05, 4.69) is 5.32 Å². The van der Waals surface area contributed by atoms with Crippen LogP contribution in [-0.2, 0) is 11.2 Å². The van der Waals surface area contributed by atoms with Crippen molar-refractivity contribution < 1.29 is 14.3 Å². The number of nitrogens with one attached hydrogen (secondary N) is 1. The van der Waals surface area contributed by atoms with Crippen LogP contribution in [0.2, 0.25) is 0 Å². The van der Waals surface area contributed by atoms with Gasteiger partial charge < -0.3 is 14.8 Å². The molecule has 0 radical (unpaired) electrons. The number of methoxy groups -OCH3 is 2. The van der Waals surface area contributed by atoms with E-state index in [9.17, 15) is 4.79 Å². The van der Waals surface area contributed by atoms with E-state index in [-0.39, 0.29) is 5.91 Å². The summed E-state index contributed by atoms with van der Waals surface area (Å²) in [6, 6.07) is 11.7. The maximum atomic E-state index is 11.5. The summed E-state index contributed by atoms with van der Waals surface area (Å²) in [6.07, 6.45) is 0.421. The van der Waals surface area contributed by atoms with Crippen LogP contribution in [-0.4, -0.2) is 25.1 Å². The highest BCUT2D eigenvalue weighted by Gasteiger charge is 2.19. The molecule has 1 aliphatic heterocycles. The van der Waals surface area contributed by atoms with Crippen LogP contribution >= 0.6 is 11.3 Å². The predicted molar refractivity (Wildman–Crippen MR) is 98.4 cm³/mol. The lowest BCUT2D eigenvalue weighted by Crippen LogP contribution is -2.03. The SMILES string of the molecule is COc1cccc(-c2nc(-c3ccc4c(c3)CC(=O)N4)cs2)c1OC. The number of fused-ring (bicyclic) bond motifs is 1. The highest BCUT2D eigenvalue weighted by Crippen LogP contribution is 2.40. The van der Waals surface area contributed by atoms with Crippen molar-refractivity contribution in [2.75, 3.05) is 19.5 Å². The number of benzene rings is 2. The van der Waals surface area contributed by atoms with Crippen LogP contribution in [0.5, 0.6) is 11.5 Å². The standard InChI is InChI=1S/C19H16N2O3S/c1-23-16-5-3-4-13(18(16)24-2)19-21-15(10-25-19)11-6-7-14-12(8-11)9-17(22)20-14/h3-8,10H,9H2,1-2H3,(H,20,22). The van der Waals surface area contributed by atoms with E-state index in [1.807, 2.05) is 41.8 Å². The number of anilines is 1. The van der Waals surface area contributed by atoms with E-state index in [1.165, 1.54) is 0 Å². The monoisotopic (exact) mass is 352 g/mol. The van der Waals surface area contributed by atoms with Crippen LogP contribution in [0.15, 0.2) is 41.8 Å². The molecule has 5 nitrogen and oxygen atoms in total. The van der Waals surface area contributed by atoms with Gasteiger partial charge in [0.15, 0.2) is 11.5 Å². The molecule has 1 aromatic heterocycles. The Morgan fingerprint density at radius 2 is 2.04 bits per heavy atom. The van der Waals surface area contributed by atoms with Gasteiger partial charge >= 0.3 is 0 Å². The maximum absolute atomic E-state index is 11.5. The first-order valence-corrected chi connectivity index (χ1v) is 8.67. The number of ether oxygens (including phenoxy) is 2. The first-order chi connectivity index (χ1) is 12.2. The van der Waals surface area contributed by atoms with Crippen molar-refractivity contribution in [1.29, 1.82) is 0 Å². The highest BCUT2D eigenvalue weighted by molar-refractivity contribution is 7.13. The fourth-order valence-corrected chi connectivity index (χ4v) is 3.82. The van der Waals surface area contributed by atoms with Crippen molar-refractivity contribution in [2.45, 2.75) is 6.42 Å². The van der Waals surface area contributed by atoms with Gasteiger partial charge in [-0.2, -0.15) is 0 Å². The number of hydrogen-bond donors (Lipinski definition) is 1. The first-order valence-electron chi connectivity index (χ1n) is 7.79. The van der Waals surface area contributed by atoms with E-state index < -0.39 is 0 Å². The van der Waals surface area contributed by atoms with E-state index in [1.54, 1.807) is 25.6 Å². The second kappa shape index (κ2) is 6.22. The Kier molecular flexibility index (Phi) is 3.89. The molecule has 1 N–H and O–H groups in total. The third-order valence-electron chi connectivity index (χ3n) is 4.16. The van der Waals surface area contributed by atoms with Crippen molar-refractivity contribution in [3.05, 3.63) is 47.3 Å². The molecule has 2 heterocycles. The van der Waals surface area contributed by atoms with Gasteiger partial charge in [0.2, 0.25) is 5.91 Å². The van der Waals surface area contributed by atoms with Crippen LogP contribution in [0, 0.1) is 0 Å². The van der Waals surface area contributed by atoms with Crippen molar-refractivity contribution in [2.24, 2.45) is 0 Å². The molecule has 126 valence electrons. The van der Waals surface area contributed by atoms with Crippen LogP contribution < -0.4 is 14.8 Å². The molecule has 2 aromatic carbocycles. The zero-order chi connectivity index (χ0) is 17.4. The molecule has 0 saturated heterocycles. The van der Waals surface area contributed by atoms with Crippen molar-refractivity contribution in [3.63, 3.8) is 0 Å². The molecular weight excluding hydrogens is 336 g/mol. The topological polar surface area (TPSA) is 60.5 Å². The van der Waals surface area contributed by atoms with Gasteiger partial charge in [0.25, 0.3) is 0 Å². The normalized spacial score (nSPS) is 12.6. The minimum atomic E-state index is 0.0345. The number of para-hydroxylation sites is 1. The van der Waals surface area contributed by atoms with Gasteiger partial charge in [-0.15, -0.1) is 11.3 Å². The van der Waals surface area contributed by atoms with E-state index in [0.29, 0.717) is 17.9 Å². The molecule has 1 amide bonds. The Balaban J connectivity index is 1.72. The largest absolute Gasteiger partial charge is 0.493 e. The van der Waals surface area contributed by atoms with Gasteiger partial charge in [0.05, 0.1) is 31.9 Å². The number of amides is 1. The molecule has 6 heteroatoms. The van der Waals surface area contributed by atoms with Crippen LogP contribution in [0.3, 0.4) is 0 Å². The molecule has 0 spiro atoms. The fraction of sp³-hybridized carbons (Fsp3) is 0.158. The van der Waals surface area contributed by atoms with Gasteiger partial charge in [-0.05, 0) is 29.8 Å². The van der Waals surface area contributed by atoms with E-state index in [0.717, 1.165) is 33.1 Å². The third-order valence-corrected chi connectivity index (χ3v) is 5.04. The average molecular weight is 352 g/mol. The lowest BCUT2D eigenvalue weighted by Gasteiger charge is -2.10. The van der Waals surface area contributed by atoms with Crippen LogP contribution in [0.1, 0.15) is 5.56 Å². The van der Waals surface area contributed by atoms with Gasteiger partial charge in [0.1, 0.15) is 5.01 Å². The number of thiazole rings is 1. The summed E-state index contributed by atoms with van der Waals surface area (Å²) in [6.45, 7) is 0. The van der Waals surface area contributed by atoms with Gasteiger partial charge in [-0.25, -0.2) is 4.98 Å². The van der Waals surface area contributed by atoms with E-state index in [4.69, 9.17) is 14.5 Å². The number of rotatable bonds is 4.